The van der Waals surface area contributed by atoms with Gasteiger partial charge in [0.25, 0.3) is 5.91 Å². The molecule has 2 aromatic rings. The molecule has 0 unspecified atom stereocenters. The maximum atomic E-state index is 11.7. The Bertz CT molecular complexity index is 873. The van der Waals surface area contributed by atoms with Gasteiger partial charge in [-0.2, -0.15) is 5.10 Å². The molecule has 1 heterocycles. The van der Waals surface area contributed by atoms with Crippen molar-refractivity contribution in [3.05, 3.63) is 57.8 Å². The molecule has 2 rings (SSSR count). The molecule has 1 aromatic heterocycles. The van der Waals surface area contributed by atoms with Crippen LogP contribution in [-0.4, -0.2) is 39.7 Å². The quantitative estimate of drug-likeness (QED) is 0.230. The molecule has 0 saturated carbocycles. The first-order valence-corrected chi connectivity index (χ1v) is 8.25. The molecule has 0 spiro atoms. The number of aromatic hydroxyl groups is 1. The molecule has 0 aliphatic carbocycles. The Morgan fingerprint density at radius 3 is 2.31 bits per heavy atom. The molecule has 9 nitrogen and oxygen atoms in total. The molecule has 1 aromatic carbocycles. The van der Waals surface area contributed by atoms with E-state index in [-0.39, 0.29) is 27.8 Å². The van der Waals surface area contributed by atoms with Crippen LogP contribution in [0.1, 0.15) is 15.9 Å². The van der Waals surface area contributed by atoms with Gasteiger partial charge < -0.3 is 14.2 Å². The average Bonchev–Trinajstić information content (AvgIpc) is 2.51. The summed E-state index contributed by atoms with van der Waals surface area (Å²) in [5.74, 6) is -0.547. The van der Waals surface area contributed by atoms with Crippen molar-refractivity contribution in [3.63, 3.8) is 0 Å². The van der Waals surface area contributed by atoms with Crippen LogP contribution < -0.4 is 5.43 Å². The van der Waals surface area contributed by atoms with E-state index in [1.165, 1.54) is 30.7 Å². The minimum atomic E-state index is -5.17. The topological polar surface area (TPSA) is 155 Å². The molecule has 0 atom stereocenters. The van der Waals surface area contributed by atoms with Gasteiger partial charge in [-0.05, 0) is 24.3 Å². The first kappa shape index (κ1) is 24.3. The number of amides is 1. The van der Waals surface area contributed by atoms with Crippen LogP contribution in [0.25, 0.3) is 0 Å². The van der Waals surface area contributed by atoms with Crippen molar-refractivity contribution in [2.45, 2.75) is 0 Å². The Labute approximate surface area is 169 Å². The zero-order valence-corrected chi connectivity index (χ0v) is 15.9. The fourth-order valence-corrected chi connectivity index (χ4v) is 1.92. The van der Waals surface area contributed by atoms with Crippen molar-refractivity contribution in [1.82, 2.24) is 10.4 Å². The number of carbonyl (C=O) groups excluding carboxylic acids is 1. The van der Waals surface area contributed by atoms with Gasteiger partial charge in [0.2, 0.25) is 0 Å². The van der Waals surface area contributed by atoms with Gasteiger partial charge in [-0.1, -0.05) is 23.2 Å². The van der Waals surface area contributed by atoms with Gasteiger partial charge in [0, 0.05) is 38.9 Å². The molecule has 0 bridgehead atoms. The molecule has 1 amide bonds. The van der Waals surface area contributed by atoms with Gasteiger partial charge in [-0.15, -0.1) is 0 Å². The number of carbonyl (C=O) groups is 1. The fraction of sp³-hybridized carbons (Fsp3) is 0. The van der Waals surface area contributed by atoms with E-state index in [1.54, 1.807) is 12.1 Å². The summed E-state index contributed by atoms with van der Waals surface area (Å²) in [6, 6.07) is 5.99. The molecule has 140 valence electrons. The van der Waals surface area contributed by atoms with E-state index in [4.69, 9.17) is 40.7 Å². The number of hydrazone groups is 1. The zero-order chi connectivity index (χ0) is 19.0. The van der Waals surface area contributed by atoms with E-state index >= 15 is 0 Å². The van der Waals surface area contributed by atoms with Gasteiger partial charge in [0.05, 0.1) is 11.2 Å². The second-order valence-corrected chi connectivity index (χ2v) is 5.83. The minimum Gasteiger partial charge on any atom is -0.759 e. The van der Waals surface area contributed by atoms with Crippen molar-refractivity contribution >= 4 is 45.7 Å². The smallest absolute Gasteiger partial charge is 0.759 e. The van der Waals surface area contributed by atoms with E-state index in [1.807, 2.05) is 0 Å². The molecule has 0 fully saturated rings. The third kappa shape index (κ3) is 9.68. The van der Waals surface area contributed by atoms with Crippen molar-refractivity contribution in [2.75, 3.05) is 0 Å². The molecular formula is C13H9Cl2FeN3O6S. The SMILES string of the molecule is O=C(N/N=C/c1cc(Cl)cc(Cl)c1O)c1ccncc1.O=S(=O)([O-])[O-].[Fe+2]. The molecule has 13 heteroatoms. The van der Waals surface area contributed by atoms with Gasteiger partial charge >= 0.3 is 17.1 Å². The van der Waals surface area contributed by atoms with E-state index in [2.05, 4.69) is 15.5 Å². The second-order valence-electron chi connectivity index (χ2n) is 4.17. The summed E-state index contributed by atoms with van der Waals surface area (Å²) in [5, 5.41) is 13.9. The Kier molecular flexibility index (Phi) is 10.4. The predicted octanol–water partition coefficient (Wildman–Crippen LogP) is 1.52. The van der Waals surface area contributed by atoms with Crippen molar-refractivity contribution in [3.8, 4) is 5.75 Å². The number of benzene rings is 1. The van der Waals surface area contributed by atoms with Crippen LogP contribution in [0, 0.1) is 0 Å². The summed E-state index contributed by atoms with van der Waals surface area (Å²) < 4.78 is 34.1. The molecule has 2 N–H and O–H groups in total. The number of nitrogens with one attached hydrogen (secondary N) is 1. The monoisotopic (exact) mass is 461 g/mol. The van der Waals surface area contributed by atoms with Crippen LogP contribution in [-0.2, 0) is 27.5 Å². The summed E-state index contributed by atoms with van der Waals surface area (Å²) in [5.41, 5.74) is 3.04. The Morgan fingerprint density at radius 1 is 1.23 bits per heavy atom. The molecule has 26 heavy (non-hydrogen) atoms. The molecule has 0 radical (unpaired) electrons. The van der Waals surface area contributed by atoms with Gasteiger partial charge in [0.15, 0.2) is 0 Å². The van der Waals surface area contributed by atoms with E-state index < -0.39 is 16.3 Å². The van der Waals surface area contributed by atoms with Crippen molar-refractivity contribution in [1.29, 1.82) is 0 Å². The Balaban J connectivity index is 0.000000923. The first-order chi connectivity index (χ1) is 11.6. The van der Waals surface area contributed by atoms with Crippen molar-refractivity contribution in [2.24, 2.45) is 5.10 Å². The summed E-state index contributed by atoms with van der Waals surface area (Å²) in [4.78, 5) is 15.5. The molecule has 0 saturated heterocycles. The van der Waals surface area contributed by atoms with E-state index in [0.717, 1.165) is 0 Å². The van der Waals surface area contributed by atoms with Crippen LogP contribution in [0.4, 0.5) is 0 Å². The number of pyridine rings is 1. The summed E-state index contributed by atoms with van der Waals surface area (Å²) >= 11 is 11.6. The number of halogens is 2. The molecule has 0 aliphatic rings. The molecule has 0 aliphatic heterocycles. The third-order valence-corrected chi connectivity index (χ3v) is 2.88. The van der Waals surface area contributed by atoms with Crippen LogP contribution in [0.2, 0.25) is 10.0 Å². The zero-order valence-electron chi connectivity index (χ0n) is 12.4. The average molecular weight is 462 g/mol. The summed E-state index contributed by atoms with van der Waals surface area (Å²) in [6.07, 6.45) is 4.26. The van der Waals surface area contributed by atoms with Crippen LogP contribution >= 0.6 is 23.2 Å². The maximum absolute atomic E-state index is 11.7. The maximum Gasteiger partial charge on any atom is 2.00 e. The number of rotatable bonds is 3. The largest absolute Gasteiger partial charge is 2.00 e. The molecular weight excluding hydrogens is 453 g/mol. The van der Waals surface area contributed by atoms with E-state index in [0.29, 0.717) is 16.1 Å². The number of phenolic OH excluding ortho intramolecular Hbond substituents is 1. The van der Waals surface area contributed by atoms with Crippen LogP contribution in [0.3, 0.4) is 0 Å². The number of aromatic nitrogens is 1. The van der Waals surface area contributed by atoms with Crippen LogP contribution in [0.15, 0.2) is 41.8 Å². The Morgan fingerprint density at radius 2 is 1.77 bits per heavy atom. The standard InChI is InChI=1S/C13H9Cl2N3O2.Fe.H2O4S/c14-10-5-9(12(19)11(15)6-10)7-17-18-13(20)8-1-3-16-4-2-8;;1-5(2,3)4/h1-7,19H,(H,18,20);;(H2,1,2,3,4)/q;+2;/p-2/b17-7+;;. The number of hydrogen-bond acceptors (Lipinski definition) is 8. The number of phenols is 1. The van der Waals surface area contributed by atoms with E-state index in [9.17, 15) is 9.90 Å². The van der Waals surface area contributed by atoms with Gasteiger partial charge in [-0.3, -0.25) is 18.2 Å². The Hall–Kier alpha value is -1.72. The summed E-state index contributed by atoms with van der Waals surface area (Å²) in [6.45, 7) is 0. The fourth-order valence-electron chi connectivity index (χ4n) is 1.41. The number of nitrogens with zero attached hydrogens (tertiary/aromatic N) is 2. The summed E-state index contributed by atoms with van der Waals surface area (Å²) in [7, 11) is -5.17. The van der Waals surface area contributed by atoms with Crippen molar-refractivity contribution < 1.29 is 44.5 Å². The normalized spacial score (nSPS) is 10.5. The predicted molar refractivity (Wildman–Crippen MR) is 87.9 cm³/mol. The van der Waals surface area contributed by atoms with Gasteiger partial charge in [-0.25, -0.2) is 5.43 Å². The van der Waals surface area contributed by atoms with Gasteiger partial charge in [0.1, 0.15) is 5.75 Å². The third-order valence-electron chi connectivity index (χ3n) is 2.37. The van der Waals surface area contributed by atoms with Crippen LogP contribution in [0.5, 0.6) is 5.75 Å². The minimum absolute atomic E-state index is 0. The first-order valence-electron chi connectivity index (χ1n) is 6.16. The number of hydrogen-bond donors (Lipinski definition) is 2. The second kappa shape index (κ2) is 11.1.